The van der Waals surface area contributed by atoms with Crippen molar-refractivity contribution in [1.29, 1.82) is 0 Å². The number of hydrogen-bond donors (Lipinski definition) is 0. The fourth-order valence-electron chi connectivity index (χ4n) is 3.68. The van der Waals surface area contributed by atoms with Gasteiger partial charge < -0.3 is 9.80 Å². The number of amides is 1. The van der Waals surface area contributed by atoms with E-state index in [2.05, 4.69) is 25.3 Å². The van der Waals surface area contributed by atoms with E-state index in [1.807, 2.05) is 42.3 Å². The molecular formula is C17H23N7O. The van der Waals surface area contributed by atoms with Gasteiger partial charge in [-0.3, -0.25) is 9.69 Å². The largest absolute Gasteiger partial charge is 0.338 e. The molecule has 1 aromatic heterocycles. The van der Waals surface area contributed by atoms with Crippen LogP contribution in [0, 0.1) is 0 Å². The maximum absolute atomic E-state index is 12.7. The van der Waals surface area contributed by atoms with Crippen LogP contribution in [0.3, 0.4) is 0 Å². The fourth-order valence-corrected chi connectivity index (χ4v) is 3.68. The smallest absolute Gasteiger partial charge is 0.250 e. The minimum atomic E-state index is 0.0567. The summed E-state index contributed by atoms with van der Waals surface area (Å²) in [4.78, 5) is 19.0. The molecule has 0 bridgehead atoms. The van der Waals surface area contributed by atoms with E-state index in [0.717, 1.165) is 44.1 Å². The SMILES string of the molecule is CN1CCCC1C(=O)N1CCN(c2nnnn2-c2ccccc2)CC1. The third kappa shape index (κ3) is 3.09. The number of hydrogen-bond acceptors (Lipinski definition) is 6. The number of aromatic nitrogens is 4. The number of carbonyl (C=O) groups is 1. The van der Waals surface area contributed by atoms with Crippen molar-refractivity contribution in [3.63, 3.8) is 0 Å². The number of rotatable bonds is 3. The molecule has 1 unspecified atom stereocenters. The number of likely N-dealkylation sites (N-methyl/N-ethyl adjacent to an activating group) is 1. The van der Waals surface area contributed by atoms with Gasteiger partial charge >= 0.3 is 0 Å². The van der Waals surface area contributed by atoms with E-state index in [9.17, 15) is 4.79 Å². The maximum Gasteiger partial charge on any atom is 0.250 e. The van der Waals surface area contributed by atoms with E-state index in [-0.39, 0.29) is 11.9 Å². The van der Waals surface area contributed by atoms with Crippen LogP contribution < -0.4 is 4.90 Å². The van der Waals surface area contributed by atoms with Gasteiger partial charge in [-0.25, -0.2) is 0 Å². The zero-order chi connectivity index (χ0) is 17.2. The predicted octanol–water partition coefficient (Wildman–Crippen LogP) is 0.405. The molecule has 2 aliphatic heterocycles. The first-order chi connectivity index (χ1) is 12.2. The molecule has 0 N–H and O–H groups in total. The maximum atomic E-state index is 12.7. The van der Waals surface area contributed by atoms with Crippen LogP contribution >= 0.6 is 0 Å². The van der Waals surface area contributed by atoms with Crippen molar-refractivity contribution in [3.8, 4) is 5.69 Å². The molecule has 8 heteroatoms. The van der Waals surface area contributed by atoms with Crippen molar-refractivity contribution < 1.29 is 4.79 Å². The summed E-state index contributed by atoms with van der Waals surface area (Å²) < 4.78 is 1.75. The van der Waals surface area contributed by atoms with Gasteiger partial charge in [-0.1, -0.05) is 23.3 Å². The van der Waals surface area contributed by atoms with E-state index in [1.165, 1.54) is 0 Å². The number of tetrazole rings is 1. The van der Waals surface area contributed by atoms with Crippen LogP contribution in [0.5, 0.6) is 0 Å². The highest BCUT2D eigenvalue weighted by molar-refractivity contribution is 5.82. The minimum Gasteiger partial charge on any atom is -0.338 e. The van der Waals surface area contributed by atoms with Crippen molar-refractivity contribution in [3.05, 3.63) is 30.3 Å². The van der Waals surface area contributed by atoms with Crippen molar-refractivity contribution in [2.24, 2.45) is 0 Å². The topological polar surface area (TPSA) is 70.4 Å². The highest BCUT2D eigenvalue weighted by Gasteiger charge is 2.33. The Morgan fingerprint density at radius 2 is 1.84 bits per heavy atom. The Bertz CT molecular complexity index is 724. The van der Waals surface area contributed by atoms with Gasteiger partial charge in [-0.15, -0.1) is 0 Å². The summed E-state index contributed by atoms with van der Waals surface area (Å²) >= 11 is 0. The van der Waals surface area contributed by atoms with Gasteiger partial charge in [0.05, 0.1) is 11.7 Å². The number of para-hydroxylation sites is 1. The molecule has 0 radical (unpaired) electrons. The Hall–Kier alpha value is -2.48. The number of benzene rings is 1. The Labute approximate surface area is 147 Å². The summed E-state index contributed by atoms with van der Waals surface area (Å²) in [5, 5.41) is 12.1. The van der Waals surface area contributed by atoms with Gasteiger partial charge in [0, 0.05) is 26.2 Å². The molecule has 1 amide bonds. The first-order valence-electron chi connectivity index (χ1n) is 8.82. The number of nitrogens with zero attached hydrogens (tertiary/aromatic N) is 7. The van der Waals surface area contributed by atoms with Crippen LogP contribution in [-0.4, -0.2) is 81.7 Å². The lowest BCUT2D eigenvalue weighted by atomic mass is 10.2. The Morgan fingerprint density at radius 1 is 1.08 bits per heavy atom. The molecule has 3 heterocycles. The van der Waals surface area contributed by atoms with Crippen molar-refractivity contribution in [2.45, 2.75) is 18.9 Å². The molecule has 0 spiro atoms. The summed E-state index contributed by atoms with van der Waals surface area (Å²) in [6, 6.07) is 9.93. The van der Waals surface area contributed by atoms with E-state index in [4.69, 9.17) is 0 Å². The van der Waals surface area contributed by atoms with Crippen LogP contribution in [0.1, 0.15) is 12.8 Å². The second kappa shape index (κ2) is 6.79. The van der Waals surface area contributed by atoms with E-state index in [0.29, 0.717) is 13.1 Å². The molecule has 2 fully saturated rings. The lowest BCUT2D eigenvalue weighted by Crippen LogP contribution is -2.53. The second-order valence-electron chi connectivity index (χ2n) is 6.68. The zero-order valence-electron chi connectivity index (χ0n) is 14.5. The van der Waals surface area contributed by atoms with E-state index < -0.39 is 0 Å². The van der Waals surface area contributed by atoms with Gasteiger partial charge in [0.25, 0.3) is 0 Å². The molecule has 1 aromatic carbocycles. The molecule has 4 rings (SSSR count). The molecule has 2 aromatic rings. The van der Waals surface area contributed by atoms with Crippen LogP contribution in [0.2, 0.25) is 0 Å². The normalized spacial score (nSPS) is 21.7. The first-order valence-corrected chi connectivity index (χ1v) is 8.82. The molecule has 0 saturated carbocycles. The highest BCUT2D eigenvalue weighted by atomic mass is 16.2. The molecule has 132 valence electrons. The minimum absolute atomic E-state index is 0.0567. The molecule has 0 aliphatic carbocycles. The first kappa shape index (κ1) is 16.0. The summed E-state index contributed by atoms with van der Waals surface area (Å²) in [5.74, 6) is 0.999. The molecule has 2 saturated heterocycles. The molecule has 8 nitrogen and oxygen atoms in total. The lowest BCUT2D eigenvalue weighted by molar-refractivity contribution is -0.135. The number of anilines is 1. The average molecular weight is 341 g/mol. The Morgan fingerprint density at radius 3 is 2.52 bits per heavy atom. The van der Waals surface area contributed by atoms with Crippen LogP contribution in [0.15, 0.2) is 30.3 Å². The van der Waals surface area contributed by atoms with Crippen molar-refractivity contribution in [2.75, 3.05) is 44.7 Å². The highest BCUT2D eigenvalue weighted by Crippen LogP contribution is 2.20. The van der Waals surface area contributed by atoms with Crippen molar-refractivity contribution in [1.82, 2.24) is 30.0 Å². The van der Waals surface area contributed by atoms with Gasteiger partial charge in [-0.2, -0.15) is 4.68 Å². The standard InChI is InChI=1S/C17H23N7O/c1-21-9-5-8-15(21)16(25)22-10-12-23(13-11-22)17-18-19-20-24(17)14-6-3-2-4-7-14/h2-4,6-7,15H,5,8-13H2,1H3. The molecule has 1 atom stereocenters. The van der Waals surface area contributed by atoms with Gasteiger partial charge in [-0.05, 0) is 49.0 Å². The average Bonchev–Trinajstić information content (AvgIpc) is 3.31. The molecule has 25 heavy (non-hydrogen) atoms. The quantitative estimate of drug-likeness (QED) is 0.805. The Balaban J connectivity index is 1.43. The van der Waals surface area contributed by atoms with Crippen LogP contribution in [0.4, 0.5) is 5.95 Å². The van der Waals surface area contributed by atoms with E-state index in [1.54, 1.807) is 4.68 Å². The second-order valence-corrected chi connectivity index (χ2v) is 6.68. The van der Waals surface area contributed by atoms with Gasteiger partial charge in [0.15, 0.2) is 0 Å². The fraction of sp³-hybridized carbons (Fsp3) is 0.529. The lowest BCUT2D eigenvalue weighted by Gasteiger charge is -2.36. The third-order valence-corrected chi connectivity index (χ3v) is 5.13. The van der Waals surface area contributed by atoms with Crippen LogP contribution in [0.25, 0.3) is 5.69 Å². The predicted molar refractivity (Wildman–Crippen MR) is 93.6 cm³/mol. The van der Waals surface area contributed by atoms with Crippen molar-refractivity contribution >= 4 is 11.9 Å². The van der Waals surface area contributed by atoms with Crippen LogP contribution in [-0.2, 0) is 4.79 Å². The summed E-state index contributed by atoms with van der Waals surface area (Å²) in [7, 11) is 2.04. The number of likely N-dealkylation sites (tertiary alicyclic amines) is 1. The molecule has 2 aliphatic rings. The molecular weight excluding hydrogens is 318 g/mol. The van der Waals surface area contributed by atoms with Gasteiger partial charge in [0.2, 0.25) is 11.9 Å². The van der Waals surface area contributed by atoms with E-state index >= 15 is 0 Å². The summed E-state index contributed by atoms with van der Waals surface area (Å²) in [6.45, 7) is 3.93. The summed E-state index contributed by atoms with van der Waals surface area (Å²) in [5.41, 5.74) is 0.939. The number of carbonyl (C=O) groups excluding carboxylic acids is 1. The number of piperazine rings is 1. The van der Waals surface area contributed by atoms with Gasteiger partial charge in [0.1, 0.15) is 0 Å². The zero-order valence-corrected chi connectivity index (χ0v) is 14.5. The monoisotopic (exact) mass is 341 g/mol. The Kier molecular flexibility index (Phi) is 4.35. The third-order valence-electron chi connectivity index (χ3n) is 5.13. The summed E-state index contributed by atoms with van der Waals surface area (Å²) in [6.07, 6.45) is 2.08.